The molecule has 0 spiro atoms. The van der Waals surface area contributed by atoms with E-state index in [1.54, 1.807) is 0 Å². The molecule has 0 saturated carbocycles. The van der Waals surface area contributed by atoms with Crippen LogP contribution >= 0.6 is 0 Å². The normalized spacial score (nSPS) is 18.6. The van der Waals surface area contributed by atoms with Crippen molar-refractivity contribution in [3.05, 3.63) is 30.3 Å². The molecule has 1 saturated heterocycles. The third kappa shape index (κ3) is 6.79. The molecule has 0 aliphatic carbocycles. The van der Waals surface area contributed by atoms with Gasteiger partial charge in [0.15, 0.2) is 5.96 Å². The number of benzene rings is 1. The molecule has 1 aliphatic rings. The van der Waals surface area contributed by atoms with Crippen molar-refractivity contribution in [2.24, 2.45) is 10.9 Å². The van der Waals surface area contributed by atoms with E-state index in [0.29, 0.717) is 12.5 Å². The zero-order valence-corrected chi connectivity index (χ0v) is 15.1. The van der Waals surface area contributed by atoms with Gasteiger partial charge in [-0.15, -0.1) is 0 Å². The highest BCUT2D eigenvalue weighted by Gasteiger charge is 2.20. The van der Waals surface area contributed by atoms with Crippen LogP contribution in [0.5, 0.6) is 5.75 Å². The first-order chi connectivity index (χ1) is 11.8. The summed E-state index contributed by atoms with van der Waals surface area (Å²) in [5.41, 5.74) is 0. The number of hydrogen-bond donors (Lipinski definition) is 2. The van der Waals surface area contributed by atoms with Gasteiger partial charge in [-0.2, -0.15) is 0 Å². The maximum atomic E-state index is 5.71. The van der Waals surface area contributed by atoms with Gasteiger partial charge in [-0.05, 0) is 50.9 Å². The summed E-state index contributed by atoms with van der Waals surface area (Å²) in [6.45, 7) is 11.3. The Morgan fingerprint density at radius 1 is 1.25 bits per heavy atom. The van der Waals surface area contributed by atoms with Gasteiger partial charge in [0.2, 0.25) is 0 Å². The molecule has 1 aromatic rings. The van der Waals surface area contributed by atoms with Gasteiger partial charge in [0, 0.05) is 26.2 Å². The molecule has 1 aromatic carbocycles. The fourth-order valence-electron chi connectivity index (χ4n) is 2.90. The molecule has 2 rings (SSSR count). The number of aliphatic imine (C=N–C) groups is 1. The van der Waals surface area contributed by atoms with Crippen LogP contribution < -0.4 is 15.4 Å². The Bertz CT molecular complexity index is 478. The monoisotopic (exact) mass is 332 g/mol. The average molecular weight is 332 g/mol. The summed E-state index contributed by atoms with van der Waals surface area (Å²) in [5, 5.41) is 6.73. The highest BCUT2D eigenvalue weighted by atomic mass is 16.5. The summed E-state index contributed by atoms with van der Waals surface area (Å²) < 4.78 is 5.71. The number of nitrogens with zero attached hydrogens (tertiary/aromatic N) is 2. The molecule has 2 N–H and O–H groups in total. The lowest BCUT2D eigenvalue weighted by Gasteiger charge is -2.14. The third-order valence-corrected chi connectivity index (χ3v) is 4.29. The summed E-state index contributed by atoms with van der Waals surface area (Å²) in [7, 11) is 0. The predicted octanol–water partition coefficient (Wildman–Crippen LogP) is 2.35. The lowest BCUT2D eigenvalue weighted by atomic mass is 10.1. The molecule has 24 heavy (non-hydrogen) atoms. The summed E-state index contributed by atoms with van der Waals surface area (Å²) in [6, 6.07) is 9.95. The molecule has 0 radical (unpaired) electrons. The Kier molecular flexibility index (Phi) is 8.46. The van der Waals surface area contributed by atoms with Gasteiger partial charge >= 0.3 is 0 Å². The smallest absolute Gasteiger partial charge is 0.191 e. The Morgan fingerprint density at radius 2 is 2.08 bits per heavy atom. The minimum absolute atomic E-state index is 0.696. The highest BCUT2D eigenvalue weighted by Crippen LogP contribution is 2.15. The van der Waals surface area contributed by atoms with Gasteiger partial charge in [0.25, 0.3) is 0 Å². The van der Waals surface area contributed by atoms with Crippen molar-refractivity contribution in [1.82, 2.24) is 15.5 Å². The van der Waals surface area contributed by atoms with Gasteiger partial charge in [-0.1, -0.05) is 25.1 Å². The third-order valence-electron chi connectivity index (χ3n) is 4.29. The van der Waals surface area contributed by atoms with Crippen LogP contribution in [0.15, 0.2) is 35.3 Å². The lowest BCUT2D eigenvalue weighted by molar-refractivity contribution is 0.311. The summed E-state index contributed by atoms with van der Waals surface area (Å²) in [6.07, 6.45) is 2.22. The zero-order chi connectivity index (χ0) is 17.0. The van der Waals surface area contributed by atoms with Gasteiger partial charge in [-0.25, -0.2) is 0 Å². The molecule has 0 aromatic heterocycles. The van der Waals surface area contributed by atoms with E-state index < -0.39 is 0 Å². The van der Waals surface area contributed by atoms with Crippen molar-refractivity contribution in [2.75, 3.05) is 45.9 Å². The summed E-state index contributed by atoms with van der Waals surface area (Å²) >= 11 is 0. The van der Waals surface area contributed by atoms with E-state index in [9.17, 15) is 0 Å². The van der Waals surface area contributed by atoms with Gasteiger partial charge in [0.1, 0.15) is 5.75 Å². The molecule has 1 atom stereocenters. The van der Waals surface area contributed by atoms with E-state index in [4.69, 9.17) is 9.73 Å². The number of hydrogen-bond acceptors (Lipinski definition) is 3. The van der Waals surface area contributed by atoms with Crippen molar-refractivity contribution < 1.29 is 4.74 Å². The molecule has 0 bridgehead atoms. The van der Waals surface area contributed by atoms with E-state index >= 15 is 0 Å². The van der Waals surface area contributed by atoms with Crippen molar-refractivity contribution in [3.8, 4) is 5.75 Å². The first-order valence-electron chi connectivity index (χ1n) is 9.24. The van der Waals surface area contributed by atoms with Gasteiger partial charge in [-0.3, -0.25) is 4.99 Å². The standard InChI is InChI=1S/C19H32N4O/c1-3-20-19(22-15-17-11-13-23(4-2)16-17)21-12-8-14-24-18-9-6-5-7-10-18/h5-7,9-10,17H,3-4,8,11-16H2,1-2H3,(H2,20,21,22). The molecule has 5 heteroatoms. The van der Waals surface area contributed by atoms with Crippen molar-refractivity contribution >= 4 is 5.96 Å². The van der Waals surface area contributed by atoms with E-state index in [1.807, 2.05) is 30.3 Å². The molecule has 1 unspecified atom stereocenters. The number of para-hydroxylation sites is 1. The second kappa shape index (κ2) is 10.9. The van der Waals surface area contributed by atoms with E-state index in [1.165, 1.54) is 19.5 Å². The molecule has 1 fully saturated rings. The van der Waals surface area contributed by atoms with Crippen molar-refractivity contribution in [3.63, 3.8) is 0 Å². The Morgan fingerprint density at radius 3 is 2.79 bits per heavy atom. The molecule has 0 amide bonds. The fraction of sp³-hybridized carbons (Fsp3) is 0.632. The van der Waals surface area contributed by atoms with Gasteiger partial charge < -0.3 is 20.3 Å². The van der Waals surface area contributed by atoms with Crippen LogP contribution in [0.2, 0.25) is 0 Å². The maximum Gasteiger partial charge on any atom is 0.191 e. The highest BCUT2D eigenvalue weighted by molar-refractivity contribution is 5.79. The van der Waals surface area contributed by atoms with Crippen LogP contribution in [0.3, 0.4) is 0 Å². The minimum atomic E-state index is 0.696. The first kappa shape index (κ1) is 18.6. The van der Waals surface area contributed by atoms with Crippen molar-refractivity contribution in [1.29, 1.82) is 0 Å². The minimum Gasteiger partial charge on any atom is -0.494 e. The van der Waals surface area contributed by atoms with Gasteiger partial charge in [0.05, 0.1) is 6.61 Å². The second-order valence-electron chi connectivity index (χ2n) is 6.21. The number of guanidine groups is 1. The van der Waals surface area contributed by atoms with Crippen LogP contribution in [0.4, 0.5) is 0 Å². The zero-order valence-electron chi connectivity index (χ0n) is 15.1. The van der Waals surface area contributed by atoms with Crippen LogP contribution in [0.1, 0.15) is 26.7 Å². The lowest BCUT2D eigenvalue weighted by Crippen LogP contribution is -2.38. The molecule has 5 nitrogen and oxygen atoms in total. The molecular formula is C19H32N4O. The number of likely N-dealkylation sites (tertiary alicyclic amines) is 1. The molecule has 134 valence electrons. The fourth-order valence-corrected chi connectivity index (χ4v) is 2.90. The first-order valence-corrected chi connectivity index (χ1v) is 9.24. The van der Waals surface area contributed by atoms with Crippen LogP contribution in [0.25, 0.3) is 0 Å². The number of ether oxygens (including phenoxy) is 1. The predicted molar refractivity (Wildman–Crippen MR) is 101 cm³/mol. The summed E-state index contributed by atoms with van der Waals surface area (Å²) in [5.74, 6) is 2.55. The average Bonchev–Trinajstić information content (AvgIpc) is 3.08. The SMILES string of the molecule is CCNC(=NCC1CCN(CC)C1)NCCCOc1ccccc1. The van der Waals surface area contributed by atoms with Crippen LogP contribution in [-0.4, -0.2) is 56.7 Å². The Labute approximate surface area is 146 Å². The van der Waals surface area contributed by atoms with E-state index in [2.05, 4.69) is 29.4 Å². The Hall–Kier alpha value is -1.75. The maximum absolute atomic E-state index is 5.71. The van der Waals surface area contributed by atoms with E-state index in [-0.39, 0.29) is 0 Å². The molecule has 1 heterocycles. The topological polar surface area (TPSA) is 48.9 Å². The molecule has 1 aliphatic heterocycles. The largest absolute Gasteiger partial charge is 0.494 e. The summed E-state index contributed by atoms with van der Waals surface area (Å²) in [4.78, 5) is 7.25. The second-order valence-corrected chi connectivity index (χ2v) is 6.21. The Balaban J connectivity index is 1.64. The van der Waals surface area contributed by atoms with Crippen LogP contribution in [-0.2, 0) is 0 Å². The number of nitrogens with one attached hydrogen (secondary N) is 2. The van der Waals surface area contributed by atoms with Crippen molar-refractivity contribution in [2.45, 2.75) is 26.7 Å². The molecular weight excluding hydrogens is 300 g/mol. The quantitative estimate of drug-likeness (QED) is 0.414. The van der Waals surface area contributed by atoms with Crippen LogP contribution in [0, 0.1) is 5.92 Å². The van der Waals surface area contributed by atoms with E-state index in [0.717, 1.165) is 44.3 Å². The number of rotatable bonds is 9.